The molecule has 3 aromatic heterocycles. The highest BCUT2D eigenvalue weighted by Gasteiger charge is 2.53. The molecule has 7 N–H and O–H groups in total. The number of nitrogens with one attached hydrogen (secondary N) is 1. The van der Waals surface area contributed by atoms with Crippen LogP contribution in [0.15, 0.2) is 27.4 Å². The van der Waals surface area contributed by atoms with Gasteiger partial charge in [0.2, 0.25) is 5.95 Å². The van der Waals surface area contributed by atoms with Gasteiger partial charge in [-0.05, 0) is 18.5 Å². The van der Waals surface area contributed by atoms with Gasteiger partial charge in [-0.2, -0.15) is 4.98 Å². The van der Waals surface area contributed by atoms with Gasteiger partial charge in [0.25, 0.3) is 5.56 Å². The molecule has 6 rings (SSSR count). The van der Waals surface area contributed by atoms with Gasteiger partial charge in [-0.3, -0.25) is 37.5 Å². The number of rotatable bonds is 4. The van der Waals surface area contributed by atoms with Gasteiger partial charge in [-0.25, -0.2) is 23.9 Å². The van der Waals surface area contributed by atoms with E-state index in [0.29, 0.717) is 0 Å². The Labute approximate surface area is 267 Å². The van der Waals surface area contributed by atoms with Gasteiger partial charge in [0.15, 0.2) is 35.6 Å². The average Bonchev–Trinajstić information content (AvgIpc) is 3.75. The summed E-state index contributed by atoms with van der Waals surface area (Å²) in [6.07, 6.45) is -9.96. The molecule has 0 aliphatic carbocycles. The second-order valence-corrected chi connectivity index (χ2v) is 15.8. The molecule has 20 nitrogen and oxygen atoms in total. The molecule has 3 aliphatic heterocycles. The second kappa shape index (κ2) is 12.4. The fourth-order valence-corrected chi connectivity index (χ4v) is 8.08. The van der Waals surface area contributed by atoms with Crippen LogP contribution < -0.4 is 17.0 Å². The zero-order valence-corrected chi connectivity index (χ0v) is 27.0. The molecular formula is C21H27FN10O10P2S2. The number of anilines is 1. The minimum Gasteiger partial charge on any atom is -0.387 e. The number of nitrogens with two attached hydrogens (primary N) is 2. The second-order valence-electron chi connectivity index (χ2n) is 10.1. The first-order valence-corrected chi connectivity index (χ1v) is 18.4. The number of aromatic nitrogens is 6. The van der Waals surface area contributed by atoms with Gasteiger partial charge < -0.3 is 35.5 Å². The number of aliphatic hydroxyl groups is 1. The molecule has 2 unspecified atom stereocenters. The number of aliphatic imine (C=N–C) groups is 2. The van der Waals surface area contributed by atoms with Crippen LogP contribution in [0.4, 0.5) is 16.2 Å². The summed E-state index contributed by atoms with van der Waals surface area (Å²) >= 11 is 9.22. The number of aromatic amines is 1. The molecule has 6 heterocycles. The average molecular weight is 725 g/mol. The van der Waals surface area contributed by atoms with Gasteiger partial charge in [-0.1, -0.05) is 12.2 Å². The number of alkyl halides is 1. The summed E-state index contributed by atoms with van der Waals surface area (Å²) in [5.41, 5.74) is 10.9. The van der Waals surface area contributed by atoms with E-state index in [1.165, 1.54) is 28.8 Å². The first-order valence-electron chi connectivity index (χ1n) is 13.2. The van der Waals surface area contributed by atoms with Crippen molar-refractivity contribution >= 4 is 73.1 Å². The lowest BCUT2D eigenvalue weighted by Crippen LogP contribution is -2.35. The third-order valence-corrected chi connectivity index (χ3v) is 10.5. The minimum atomic E-state index is -4.42. The van der Waals surface area contributed by atoms with E-state index in [-0.39, 0.29) is 34.5 Å². The number of ether oxygens (including phenoxy) is 2. The number of nitrogen functional groups attached to an aromatic ring is 1. The van der Waals surface area contributed by atoms with Crippen molar-refractivity contribution in [2.45, 2.75) is 49.1 Å². The number of hydrogen-bond donors (Lipinski definition) is 6. The van der Waals surface area contributed by atoms with Gasteiger partial charge in [0, 0.05) is 7.05 Å². The van der Waals surface area contributed by atoms with E-state index in [2.05, 4.69) is 48.9 Å². The van der Waals surface area contributed by atoms with Crippen molar-refractivity contribution in [3.8, 4) is 0 Å². The van der Waals surface area contributed by atoms with Crippen molar-refractivity contribution in [1.29, 1.82) is 0 Å². The highest BCUT2D eigenvalue weighted by atomic mass is 32.7. The number of hydrogen-bond acceptors (Lipinski definition) is 16. The number of imidazole rings is 2. The Kier molecular flexibility index (Phi) is 8.97. The highest BCUT2D eigenvalue weighted by Crippen LogP contribution is 2.58. The Bertz CT molecular complexity index is 1860. The standard InChI is InChI=1S/C21H27FN10O10P2S2/c1-25-15(23)10-16(26-2)31(5-27-10)19-9(22)13-8(40-19)4-38-44(36,46)42-14-12(33)7(3-37-43(35,45)41-13)39-20(14)32-6-28-11-17(32)29-21(24)30-18(11)34/h5-9,12-14,19-20,33H,2-4H2,1H3,(H2,23,25)(H,35,45)(H,36,46)(H3,24,29,30,34)/t7-,8-,9-,12-,13-,14-,19-,20-,43?,44?/m1/s1. The van der Waals surface area contributed by atoms with Crippen molar-refractivity contribution < 1.29 is 46.5 Å². The summed E-state index contributed by atoms with van der Waals surface area (Å²) in [5.74, 6) is -0.220. The number of H-pyrrole nitrogens is 1. The van der Waals surface area contributed by atoms with E-state index in [1.54, 1.807) is 0 Å². The molecule has 3 aromatic rings. The van der Waals surface area contributed by atoms with E-state index in [4.69, 9.17) is 50.8 Å². The number of aliphatic hydroxyl groups excluding tert-OH is 1. The van der Waals surface area contributed by atoms with Crippen LogP contribution in [0, 0.1) is 0 Å². The van der Waals surface area contributed by atoms with E-state index in [9.17, 15) is 19.4 Å². The van der Waals surface area contributed by atoms with Crippen LogP contribution in [-0.2, 0) is 43.9 Å². The third kappa shape index (κ3) is 6.06. The molecule has 46 heavy (non-hydrogen) atoms. The van der Waals surface area contributed by atoms with Gasteiger partial charge in [-0.15, -0.1) is 0 Å². The smallest absolute Gasteiger partial charge is 0.386 e. The lowest BCUT2D eigenvalue weighted by Gasteiger charge is -2.27. The van der Waals surface area contributed by atoms with Crippen LogP contribution in [0.3, 0.4) is 0 Å². The summed E-state index contributed by atoms with van der Waals surface area (Å²) in [7, 11) is 1.42. The van der Waals surface area contributed by atoms with Gasteiger partial charge in [0.1, 0.15) is 42.0 Å². The van der Waals surface area contributed by atoms with Crippen molar-refractivity contribution in [2.24, 2.45) is 15.7 Å². The van der Waals surface area contributed by atoms with Crippen LogP contribution in [0.25, 0.3) is 11.2 Å². The first-order chi connectivity index (χ1) is 21.7. The maximum atomic E-state index is 16.1. The third-order valence-electron chi connectivity index (χ3n) is 7.29. The summed E-state index contributed by atoms with van der Waals surface area (Å²) in [5, 5.41) is 11.1. The number of amidine groups is 1. The molecule has 0 spiro atoms. The van der Waals surface area contributed by atoms with E-state index in [0.717, 1.165) is 0 Å². The number of fused-ring (bicyclic) bond motifs is 4. The number of nitrogens with zero attached hydrogens (tertiary/aromatic N) is 7. The highest BCUT2D eigenvalue weighted by molar-refractivity contribution is 8.44. The number of halogens is 1. The van der Waals surface area contributed by atoms with Crippen molar-refractivity contribution in [3.63, 3.8) is 0 Å². The van der Waals surface area contributed by atoms with E-state index < -0.39 is 81.4 Å². The lowest BCUT2D eigenvalue weighted by molar-refractivity contribution is -0.0589. The summed E-state index contributed by atoms with van der Waals surface area (Å²) in [6.45, 7) is -6.52. The van der Waals surface area contributed by atoms with Crippen molar-refractivity contribution in [1.82, 2.24) is 29.1 Å². The molecule has 10 atom stereocenters. The Morgan fingerprint density at radius 3 is 2.61 bits per heavy atom. The van der Waals surface area contributed by atoms with Crippen molar-refractivity contribution in [2.75, 3.05) is 26.0 Å². The molecule has 250 valence electrons. The quantitative estimate of drug-likeness (QED) is 0.0882. The Morgan fingerprint density at radius 1 is 1.20 bits per heavy atom. The Balaban J connectivity index is 1.32. The molecule has 0 saturated carbocycles. The van der Waals surface area contributed by atoms with E-state index >= 15 is 4.39 Å². The van der Waals surface area contributed by atoms with Crippen LogP contribution in [0.2, 0.25) is 0 Å². The topological polar surface area (TPSA) is 271 Å². The summed E-state index contributed by atoms with van der Waals surface area (Å²) < 4.78 is 65.8. The molecule has 0 radical (unpaired) electrons. The molecule has 3 aliphatic rings. The van der Waals surface area contributed by atoms with E-state index in [1.807, 2.05) is 0 Å². The van der Waals surface area contributed by atoms with Crippen LogP contribution in [0.1, 0.15) is 18.1 Å². The molecule has 25 heteroatoms. The molecule has 0 amide bonds. The maximum Gasteiger partial charge on any atom is 0.386 e. The molecule has 2 bridgehead atoms. The summed E-state index contributed by atoms with van der Waals surface area (Å²) in [4.78, 5) is 45.6. The van der Waals surface area contributed by atoms with Crippen molar-refractivity contribution in [3.05, 3.63) is 28.7 Å². The molecular weight excluding hydrogens is 697 g/mol. The Morgan fingerprint density at radius 2 is 1.89 bits per heavy atom. The van der Waals surface area contributed by atoms with Gasteiger partial charge >= 0.3 is 13.5 Å². The van der Waals surface area contributed by atoms with Crippen LogP contribution in [-0.4, -0.2) is 109 Å². The SMILES string of the molecule is C=Nc1c(C(N)=NC)ncn1[C@@H]1O[C@@H]2COP(O)(=S)O[C@@H]3[C@H](O)[C@@H](COP(=O)(S)O[C@H]2[C@H]1F)O[C@H]3n1cnc2c(=O)[nH]c(N)nc21. The minimum absolute atomic E-state index is 0.00449. The molecule has 3 fully saturated rings. The Hall–Kier alpha value is -2.66. The molecule has 0 aromatic carbocycles. The number of thiol groups is 1. The summed E-state index contributed by atoms with van der Waals surface area (Å²) in [6, 6.07) is 0. The predicted molar refractivity (Wildman–Crippen MR) is 164 cm³/mol. The monoisotopic (exact) mass is 724 g/mol. The van der Waals surface area contributed by atoms with Crippen LogP contribution in [0.5, 0.6) is 0 Å². The fourth-order valence-electron chi connectivity index (χ4n) is 5.19. The van der Waals surface area contributed by atoms with Crippen LogP contribution >= 0.6 is 25.8 Å². The van der Waals surface area contributed by atoms with Gasteiger partial charge in [0.05, 0.1) is 25.9 Å². The lowest BCUT2D eigenvalue weighted by atomic mass is 10.1. The largest absolute Gasteiger partial charge is 0.387 e. The first kappa shape index (κ1) is 33.2. The normalized spacial score (nSPS) is 37.4. The predicted octanol–water partition coefficient (Wildman–Crippen LogP) is -0.169. The fraction of sp³-hybridized carbons (Fsp3) is 0.524. The maximum absolute atomic E-state index is 16.1. The molecule has 3 saturated heterocycles. The zero-order valence-electron chi connectivity index (χ0n) is 23.5. The zero-order chi connectivity index (χ0) is 33.1.